The first-order chi connectivity index (χ1) is 29.9. The minimum Gasteiger partial charge on any atom is -0.479 e. The average molecular weight is 924 g/mol. The van der Waals surface area contributed by atoms with Crippen LogP contribution in [0.1, 0.15) is 51.7 Å². The number of carbonyl (C=O) groups excluding carboxylic acids is 7. The summed E-state index contributed by atoms with van der Waals surface area (Å²) in [6, 6.07) is -0.407. The zero-order valence-corrected chi connectivity index (χ0v) is 36.2. The van der Waals surface area contributed by atoms with Gasteiger partial charge in [-0.3, -0.25) is 43.0 Å². The number of anilines is 1. The molecule has 0 aliphatic carbocycles. The van der Waals surface area contributed by atoms with Crippen molar-refractivity contribution in [3.8, 4) is 0 Å². The molecule has 0 aromatic heterocycles. The van der Waals surface area contributed by atoms with E-state index in [9.17, 15) is 67.2 Å². The topological polar surface area (TPSA) is 342 Å². The Kier molecular flexibility index (Phi) is 17.4. The van der Waals surface area contributed by atoms with Gasteiger partial charge in [-0.05, 0) is 55.5 Å². The number of nitrogens with one attached hydrogen (secondary N) is 3. The number of carboxylic acid groups (broad SMARTS) is 1. The normalized spacial score (nSPS) is 24.4. The summed E-state index contributed by atoms with van der Waals surface area (Å²) in [4.78, 5) is 104. The standard InChI is InChI=1S/C40H53N5O18S/c1-19(2)31(43-28(46)16-44-25(18-61-12-13-64(58,59)60)15-26(38(44)54)45-29(47)10-11-30(45)48)37(53)41-21(5)36(52)42-24-8-6-23(17-62-40(57)20(3)4)22(14-24)7-9-27-32(49)33(50)34(51)35(63-27)39(55)56/h6,8,10-11,14,20-21,25-27,31-35,49-51H,1,7,9,12-13,15-18H2,2-5H3,(H,41,53)(H,42,52)(H,43,46)(H,55,56)(H,58,59,60)/t21-,25-,26+,27-,31-,32-,33+,34-,35-/m0/s1. The Balaban J connectivity index is 1.43. The van der Waals surface area contributed by atoms with E-state index in [4.69, 9.17) is 18.8 Å². The van der Waals surface area contributed by atoms with Gasteiger partial charge in [0.25, 0.3) is 21.9 Å². The van der Waals surface area contributed by atoms with Crippen molar-refractivity contribution in [1.82, 2.24) is 20.4 Å². The predicted octanol–water partition coefficient (Wildman–Crippen LogP) is -2.44. The van der Waals surface area contributed by atoms with Gasteiger partial charge in [0.2, 0.25) is 23.6 Å². The lowest BCUT2D eigenvalue weighted by Crippen LogP contribution is -2.59. The average Bonchev–Trinajstić information content (AvgIpc) is 3.70. The van der Waals surface area contributed by atoms with Crippen molar-refractivity contribution in [3.63, 3.8) is 0 Å². The van der Waals surface area contributed by atoms with Crippen molar-refractivity contribution in [2.75, 3.05) is 30.8 Å². The SMILES string of the molecule is C=C(C)[C@H](NC(=O)CN1C(=O)[C@H](N2C(=O)C=CC2=O)C[C@H]1COCCS(=O)(=O)O)C(=O)N[C@@H](C)C(=O)Nc1ccc(COC(=O)C(C)C)c(CC[C@@H]2O[C@H](C(=O)O)[C@@H](O)[C@H](O)[C@H]2O)c1. The fraction of sp³-hybridized carbons (Fsp3) is 0.550. The van der Waals surface area contributed by atoms with Crippen LogP contribution in [0.4, 0.5) is 5.69 Å². The Morgan fingerprint density at radius 3 is 2.20 bits per heavy atom. The zero-order valence-electron chi connectivity index (χ0n) is 35.4. The zero-order chi connectivity index (χ0) is 47.8. The highest BCUT2D eigenvalue weighted by molar-refractivity contribution is 7.85. The van der Waals surface area contributed by atoms with Gasteiger partial charge in [0.1, 0.15) is 43.0 Å². The van der Waals surface area contributed by atoms with E-state index in [2.05, 4.69) is 22.5 Å². The molecule has 0 saturated carbocycles. The summed E-state index contributed by atoms with van der Waals surface area (Å²) in [6.45, 7) is 8.06. The number of imide groups is 1. The van der Waals surface area contributed by atoms with Gasteiger partial charge in [0.15, 0.2) is 6.10 Å². The van der Waals surface area contributed by atoms with E-state index >= 15 is 0 Å². The van der Waals surface area contributed by atoms with Gasteiger partial charge in [-0.15, -0.1) is 0 Å². The fourth-order valence-electron chi connectivity index (χ4n) is 7.01. The first-order valence-corrected chi connectivity index (χ1v) is 21.7. The number of rotatable bonds is 21. The lowest BCUT2D eigenvalue weighted by atomic mass is 9.91. The van der Waals surface area contributed by atoms with Gasteiger partial charge in [0, 0.05) is 24.3 Å². The van der Waals surface area contributed by atoms with E-state index in [1.165, 1.54) is 26.0 Å². The van der Waals surface area contributed by atoms with Crippen LogP contribution in [-0.2, 0) is 75.7 Å². The molecule has 352 valence electrons. The highest BCUT2D eigenvalue weighted by Crippen LogP contribution is 2.28. The first kappa shape index (κ1) is 51.0. The first-order valence-electron chi connectivity index (χ1n) is 20.1. The molecule has 3 aliphatic heterocycles. The molecule has 23 nitrogen and oxygen atoms in total. The number of aryl methyl sites for hydroxylation is 1. The Bertz CT molecular complexity index is 2130. The molecule has 0 spiro atoms. The number of hydrogen-bond acceptors (Lipinski definition) is 16. The molecule has 2 fully saturated rings. The monoisotopic (exact) mass is 923 g/mol. The molecule has 4 rings (SSSR count). The van der Waals surface area contributed by atoms with Crippen LogP contribution in [0.2, 0.25) is 0 Å². The molecule has 3 aliphatic rings. The Morgan fingerprint density at radius 2 is 1.61 bits per heavy atom. The summed E-state index contributed by atoms with van der Waals surface area (Å²) in [6.07, 6.45) is -6.67. The van der Waals surface area contributed by atoms with Gasteiger partial charge in [-0.1, -0.05) is 26.5 Å². The van der Waals surface area contributed by atoms with Crippen molar-refractivity contribution < 1.29 is 86.0 Å². The van der Waals surface area contributed by atoms with Crippen molar-refractivity contribution in [3.05, 3.63) is 53.6 Å². The van der Waals surface area contributed by atoms with Gasteiger partial charge in [-0.2, -0.15) is 8.42 Å². The molecule has 2 saturated heterocycles. The minimum atomic E-state index is -4.38. The van der Waals surface area contributed by atoms with E-state index in [0.717, 1.165) is 22.0 Å². The summed E-state index contributed by atoms with van der Waals surface area (Å²) < 4.78 is 47.4. The molecule has 0 bridgehead atoms. The predicted molar refractivity (Wildman–Crippen MR) is 219 cm³/mol. The molecule has 3 heterocycles. The van der Waals surface area contributed by atoms with Crippen molar-refractivity contribution in [2.45, 2.75) is 108 Å². The quantitative estimate of drug-likeness (QED) is 0.0209. The number of aliphatic hydroxyl groups is 3. The van der Waals surface area contributed by atoms with Gasteiger partial charge in [-0.25, -0.2) is 4.79 Å². The number of carbonyl (C=O) groups is 8. The van der Waals surface area contributed by atoms with Crippen LogP contribution in [0.25, 0.3) is 0 Å². The number of amides is 6. The maximum absolute atomic E-state index is 13.5. The third-order valence-electron chi connectivity index (χ3n) is 10.6. The van der Waals surface area contributed by atoms with E-state index < -0.39 is 137 Å². The number of nitrogens with zero attached hydrogens (tertiary/aromatic N) is 2. The number of likely N-dealkylation sites (tertiary alicyclic amines) is 1. The lowest BCUT2D eigenvalue weighted by Gasteiger charge is -2.39. The van der Waals surface area contributed by atoms with E-state index in [-0.39, 0.29) is 43.7 Å². The molecule has 0 unspecified atom stereocenters. The van der Waals surface area contributed by atoms with Crippen LogP contribution in [0.5, 0.6) is 0 Å². The molecule has 6 amide bonds. The van der Waals surface area contributed by atoms with Crippen LogP contribution in [-0.4, -0.2) is 171 Å². The Labute approximate surface area is 367 Å². The minimum absolute atomic E-state index is 0.0403. The van der Waals surface area contributed by atoms with Crippen LogP contribution in [0.3, 0.4) is 0 Å². The molecule has 8 N–H and O–H groups in total. The maximum atomic E-state index is 13.5. The second-order valence-electron chi connectivity index (χ2n) is 15.9. The molecule has 9 atom stereocenters. The number of hydrogen-bond donors (Lipinski definition) is 8. The van der Waals surface area contributed by atoms with Gasteiger partial charge < -0.3 is 55.5 Å². The number of carboxylic acids is 1. The van der Waals surface area contributed by atoms with Crippen LogP contribution < -0.4 is 16.0 Å². The highest BCUT2D eigenvalue weighted by atomic mass is 32.2. The number of ether oxygens (including phenoxy) is 3. The second kappa shape index (κ2) is 21.8. The van der Waals surface area contributed by atoms with E-state index in [1.807, 2.05) is 0 Å². The third kappa shape index (κ3) is 13.2. The van der Waals surface area contributed by atoms with Gasteiger partial charge >= 0.3 is 11.9 Å². The summed E-state index contributed by atoms with van der Waals surface area (Å²) in [5.74, 6) is -8.08. The molecule has 64 heavy (non-hydrogen) atoms. The smallest absolute Gasteiger partial charge is 0.335 e. The number of aliphatic hydroxyl groups excluding tert-OH is 3. The molecular formula is C40H53N5O18S. The largest absolute Gasteiger partial charge is 0.479 e. The van der Waals surface area contributed by atoms with Crippen molar-refractivity contribution in [1.29, 1.82) is 0 Å². The van der Waals surface area contributed by atoms with Crippen LogP contribution in [0.15, 0.2) is 42.5 Å². The van der Waals surface area contributed by atoms with Crippen molar-refractivity contribution >= 4 is 63.2 Å². The van der Waals surface area contributed by atoms with E-state index in [0.29, 0.717) is 11.1 Å². The second-order valence-corrected chi connectivity index (χ2v) is 17.4. The summed E-state index contributed by atoms with van der Waals surface area (Å²) in [5.41, 5.74) is 1.26. The van der Waals surface area contributed by atoms with Crippen LogP contribution in [0, 0.1) is 5.92 Å². The molecular weight excluding hydrogens is 871 g/mol. The lowest BCUT2D eigenvalue weighted by molar-refractivity contribution is -0.228. The molecule has 1 aromatic carbocycles. The summed E-state index contributed by atoms with van der Waals surface area (Å²) in [7, 11) is -4.38. The van der Waals surface area contributed by atoms with Crippen LogP contribution >= 0.6 is 0 Å². The summed E-state index contributed by atoms with van der Waals surface area (Å²) in [5, 5.41) is 47.9. The number of esters is 1. The maximum Gasteiger partial charge on any atom is 0.335 e. The number of benzene rings is 1. The fourth-order valence-corrected chi connectivity index (χ4v) is 7.34. The number of aliphatic carboxylic acids is 1. The van der Waals surface area contributed by atoms with Crippen molar-refractivity contribution in [2.24, 2.45) is 5.92 Å². The molecule has 0 radical (unpaired) electrons. The highest BCUT2D eigenvalue weighted by Gasteiger charge is 2.48. The molecule has 24 heteroatoms. The Hall–Kier alpha value is -5.63. The summed E-state index contributed by atoms with van der Waals surface area (Å²) >= 11 is 0. The molecule has 1 aromatic rings. The van der Waals surface area contributed by atoms with Gasteiger partial charge in [0.05, 0.1) is 43.6 Å². The van der Waals surface area contributed by atoms with E-state index in [1.54, 1.807) is 19.9 Å². The third-order valence-corrected chi connectivity index (χ3v) is 11.2. The Morgan fingerprint density at radius 1 is 0.953 bits per heavy atom.